The topological polar surface area (TPSA) is 21.5 Å². The molecule has 9 aromatic rings. The van der Waals surface area contributed by atoms with Gasteiger partial charge in [-0.3, -0.25) is 0 Å². The zero-order chi connectivity index (χ0) is 50.9. The van der Waals surface area contributed by atoms with Gasteiger partial charge in [-0.1, -0.05) is 218 Å². The van der Waals surface area contributed by atoms with Gasteiger partial charge in [-0.05, 0) is 47.0 Å². The molecule has 11 rings (SSSR count). The maximum absolute atomic E-state index is 6.65. The van der Waals surface area contributed by atoms with E-state index in [-0.39, 0.29) is 34.2 Å². The van der Waals surface area contributed by atoms with Crippen LogP contribution in [0.15, 0.2) is 224 Å². The number of alkyl halides is 6. The second-order valence-corrected chi connectivity index (χ2v) is 20.2. The smallest absolute Gasteiger partial charge is 0.206 e. The van der Waals surface area contributed by atoms with Gasteiger partial charge in [0, 0.05) is 29.2 Å². The highest BCUT2D eigenvalue weighted by atomic mass is 35.5. The van der Waals surface area contributed by atoms with Crippen molar-refractivity contribution < 1.29 is 14.0 Å². The van der Waals surface area contributed by atoms with Crippen molar-refractivity contribution in [2.24, 2.45) is 0 Å². The van der Waals surface area contributed by atoms with Crippen molar-refractivity contribution in [1.82, 2.24) is 0 Å². The van der Waals surface area contributed by atoms with Crippen LogP contribution in [0.1, 0.15) is 49.6 Å². The van der Waals surface area contributed by atoms with E-state index in [9.17, 15) is 0 Å². The molecule has 72 heavy (non-hydrogen) atoms. The Kier molecular flexibility index (Phi) is 20.3. The minimum atomic E-state index is -1.22. The van der Waals surface area contributed by atoms with Gasteiger partial charge in [-0.15, -0.1) is 69.6 Å². The monoisotopic (exact) mass is 1070 g/mol. The number of rotatable bonds is 6. The van der Waals surface area contributed by atoms with Crippen LogP contribution < -0.4 is 21.9 Å². The van der Waals surface area contributed by atoms with Gasteiger partial charge in [0.15, 0.2) is 18.0 Å². The predicted molar refractivity (Wildman–Crippen MR) is 315 cm³/mol. The lowest BCUT2D eigenvalue weighted by molar-refractivity contribution is -0.626. The highest BCUT2D eigenvalue weighted by Crippen LogP contribution is 2.45. The summed E-state index contributed by atoms with van der Waals surface area (Å²) >= 11 is 28.6. The van der Waals surface area contributed by atoms with Crippen LogP contribution in [0.3, 0.4) is 0 Å². The Morgan fingerprint density at radius 1 is 0.472 bits per heavy atom. The molecular formula is C62H58BCl6NO2. The lowest BCUT2D eigenvalue weighted by Crippen LogP contribution is -2.74. The largest absolute Gasteiger partial charge is 0.343 e. The average Bonchev–Trinajstić information content (AvgIpc) is 3.55. The summed E-state index contributed by atoms with van der Waals surface area (Å²) < 4.78 is 15.4. The summed E-state index contributed by atoms with van der Waals surface area (Å²) in [5.41, 5.74) is 11.7. The van der Waals surface area contributed by atoms with Gasteiger partial charge in [0.05, 0.1) is 16.0 Å². The van der Waals surface area contributed by atoms with Crippen LogP contribution in [-0.4, -0.2) is 51.4 Å². The molecule has 0 unspecified atom stereocenters. The van der Waals surface area contributed by atoms with Crippen molar-refractivity contribution in [2.45, 2.75) is 44.7 Å². The Morgan fingerprint density at radius 3 is 1.29 bits per heavy atom. The third-order valence-corrected chi connectivity index (χ3v) is 13.4. The van der Waals surface area contributed by atoms with Crippen molar-refractivity contribution in [1.29, 1.82) is 0 Å². The first kappa shape index (κ1) is 54.7. The zero-order valence-corrected chi connectivity index (χ0v) is 45.1. The van der Waals surface area contributed by atoms with E-state index in [1.165, 1.54) is 71.2 Å². The number of benzene rings is 9. The van der Waals surface area contributed by atoms with Gasteiger partial charge >= 0.3 is 0 Å². The Hall–Kier alpha value is -5.11. The van der Waals surface area contributed by atoms with Crippen LogP contribution in [0.2, 0.25) is 0 Å². The summed E-state index contributed by atoms with van der Waals surface area (Å²) in [5, 5.41) is 5.68. The van der Waals surface area contributed by atoms with Crippen LogP contribution in [-0.2, 0) is 9.47 Å². The van der Waals surface area contributed by atoms with E-state index in [0.717, 1.165) is 0 Å². The summed E-state index contributed by atoms with van der Waals surface area (Å²) in [5.74, 6) is -0.645. The highest BCUT2D eigenvalue weighted by Gasteiger charge is 2.46. The fraction of sp³-hybridized carbons (Fsp3) is 0.177. The van der Waals surface area contributed by atoms with Crippen molar-refractivity contribution in [3.8, 4) is 11.1 Å². The summed E-state index contributed by atoms with van der Waals surface area (Å²) in [4.78, 5) is 0. The van der Waals surface area contributed by atoms with Gasteiger partial charge in [-0.25, -0.2) is 4.58 Å². The second-order valence-electron chi connectivity index (χ2n) is 17.8. The Balaban J connectivity index is 0.000000193. The Bertz CT molecular complexity index is 2940. The van der Waals surface area contributed by atoms with E-state index in [4.69, 9.17) is 79.1 Å². The fourth-order valence-corrected chi connectivity index (χ4v) is 10.5. The summed E-state index contributed by atoms with van der Waals surface area (Å²) in [6, 6.07) is 80.9. The molecule has 0 saturated carbocycles. The molecule has 2 aliphatic heterocycles. The van der Waals surface area contributed by atoms with Crippen molar-refractivity contribution in [2.75, 3.05) is 22.6 Å². The van der Waals surface area contributed by atoms with Crippen molar-refractivity contribution in [3.63, 3.8) is 0 Å². The molecular weight excluding hydrogens is 1010 g/mol. The predicted octanol–water partition coefficient (Wildman–Crippen LogP) is 15.4. The molecule has 3 nitrogen and oxygen atoms in total. The summed E-state index contributed by atoms with van der Waals surface area (Å²) in [7, 11) is 0. The van der Waals surface area contributed by atoms with Crippen LogP contribution in [0.4, 0.5) is 0 Å². The Morgan fingerprint density at radius 2 is 0.847 bits per heavy atom. The molecule has 0 N–H and O–H groups in total. The quantitative estimate of drug-likeness (QED) is 0.0940. The van der Waals surface area contributed by atoms with Crippen LogP contribution >= 0.6 is 69.6 Å². The highest BCUT2D eigenvalue weighted by molar-refractivity contribution is 7.19. The molecule has 10 heteroatoms. The van der Waals surface area contributed by atoms with E-state index in [1.54, 1.807) is 0 Å². The molecule has 0 aromatic heterocycles. The number of ether oxygens (including phenoxy) is 2. The summed E-state index contributed by atoms with van der Waals surface area (Å²) in [6.45, 7) is 6.93. The normalized spacial score (nSPS) is 16.5. The maximum Gasteiger partial charge on any atom is 0.206 e. The van der Waals surface area contributed by atoms with Crippen LogP contribution in [0.25, 0.3) is 32.7 Å². The number of fused-ring (bicyclic) bond motifs is 7. The zero-order valence-electron chi connectivity index (χ0n) is 40.6. The Labute approximate surface area is 455 Å². The molecule has 1 saturated heterocycles. The third kappa shape index (κ3) is 12.4. The molecule has 9 aromatic carbocycles. The van der Waals surface area contributed by atoms with Gasteiger partial charge in [0.1, 0.15) is 18.9 Å². The van der Waals surface area contributed by atoms with Crippen LogP contribution in [0, 0.1) is 0 Å². The fourth-order valence-electron chi connectivity index (χ4n) is 10.5. The molecule has 3 atom stereocenters. The van der Waals surface area contributed by atoms with Gasteiger partial charge in [-0.2, -0.15) is 21.9 Å². The number of halogens is 6. The molecule has 2 aliphatic rings. The van der Waals surface area contributed by atoms with Crippen molar-refractivity contribution >= 4 is 125 Å². The van der Waals surface area contributed by atoms with E-state index in [0.29, 0.717) is 6.61 Å². The maximum atomic E-state index is 6.65. The minimum Gasteiger partial charge on any atom is -0.343 e. The molecule has 0 radical (unpaired) electrons. The summed E-state index contributed by atoms with van der Waals surface area (Å²) in [6.07, 6.45) is 1.02. The molecule has 0 amide bonds. The van der Waals surface area contributed by atoms with Crippen molar-refractivity contribution in [3.05, 3.63) is 241 Å². The number of hydrogen-bond acceptors (Lipinski definition) is 2. The molecule has 0 spiro atoms. The number of nitrogens with zero attached hydrogens (tertiary/aromatic N) is 1. The van der Waals surface area contributed by atoms with Gasteiger partial charge in [0.2, 0.25) is 6.04 Å². The van der Waals surface area contributed by atoms with E-state index < -0.39 is 11.9 Å². The SMILES string of the molecule is C[C@H]1c2ccc3ccccc3c2-c2c(ccc3ccccc23)C=[N+]1[C@H]1COC(C)(C)O[C@H]1c1ccccc1.ClCCl.ClCCl.ClCCl.c1ccc([B-](c2ccccc2)(c2ccccc2)c2ccccc2)cc1. The first-order valence-corrected chi connectivity index (χ1v) is 27.1. The second kappa shape index (κ2) is 26.7. The first-order valence-electron chi connectivity index (χ1n) is 23.9. The van der Waals surface area contributed by atoms with Gasteiger partial charge < -0.3 is 9.47 Å². The van der Waals surface area contributed by atoms with E-state index in [2.05, 4.69) is 242 Å². The minimum absolute atomic E-state index is 0.0113. The first-order chi connectivity index (χ1) is 35.2. The van der Waals surface area contributed by atoms with Gasteiger partial charge in [0.25, 0.3) is 0 Å². The van der Waals surface area contributed by atoms with Crippen LogP contribution in [0.5, 0.6) is 0 Å². The molecule has 1 fully saturated rings. The standard InChI is InChI=1S/C35H32NO2.C24H20B.3CH2Cl2/c1-23-28-20-19-25-12-8-10-16-30(25)33(28)32-27(18-17-24-11-7-9-15-29(24)32)21-36(23)31-22-37-35(2,3)38-34(31)26-13-5-4-6-14-26;1-5-13-21(14-6-1)25(22-15-7-2-8-16-22,23-17-9-3-10-18-23)24-19-11-4-12-20-24;3*2-1-3/h4-21,23,31,34H,22H2,1-3H3;1-20H;3*1H2/q+1;-1;;;/t23-,31-,34-;;;;/m0..../s1. The lowest BCUT2D eigenvalue weighted by atomic mass is 9.13. The molecule has 0 bridgehead atoms. The molecule has 368 valence electrons. The lowest BCUT2D eigenvalue weighted by Gasteiger charge is -2.44. The third-order valence-electron chi connectivity index (χ3n) is 13.4. The van der Waals surface area contributed by atoms with E-state index >= 15 is 0 Å². The molecule has 2 heterocycles. The average molecular weight is 1070 g/mol. The molecule has 0 aliphatic carbocycles. The number of hydrogen-bond donors (Lipinski definition) is 0. The van der Waals surface area contributed by atoms with E-state index in [1.807, 2.05) is 13.8 Å².